The Morgan fingerprint density at radius 1 is 1.21 bits per heavy atom. The predicted octanol–water partition coefficient (Wildman–Crippen LogP) is 3.61. The summed E-state index contributed by atoms with van der Waals surface area (Å²) in [4.78, 5) is 14.0. The number of hydrogen-bond donors (Lipinski definition) is 0. The Bertz CT molecular complexity index is 628. The molecule has 0 aromatic heterocycles. The number of carbonyl (C=O) groups excluding carboxylic acids is 1. The lowest BCUT2D eigenvalue weighted by molar-refractivity contribution is -0.146. The molecule has 2 rings (SSSR count). The summed E-state index contributed by atoms with van der Waals surface area (Å²) in [5, 5.41) is 0. The average Bonchev–Trinajstić information content (AvgIpc) is 2.98. The maximum absolute atomic E-state index is 12.5. The zero-order chi connectivity index (χ0) is 21.5. The number of amides is 1. The Balaban J connectivity index is 1.88. The highest BCUT2D eigenvalue weighted by atomic mass is 16.7. The maximum atomic E-state index is 12.5. The lowest BCUT2D eigenvalue weighted by Crippen LogP contribution is -2.45. The van der Waals surface area contributed by atoms with Crippen molar-refractivity contribution < 1.29 is 28.5 Å². The van der Waals surface area contributed by atoms with Gasteiger partial charge in [0, 0.05) is 7.05 Å². The highest BCUT2D eigenvalue weighted by Crippen LogP contribution is 2.22. The summed E-state index contributed by atoms with van der Waals surface area (Å²) >= 11 is 0. The van der Waals surface area contributed by atoms with E-state index < -0.39 is 17.5 Å². The SMILES string of the molecule is CN(C(=O)OC(C)(C)C)[C@H](COCc1ccccc1)COC[C@@H]1COC(C)(C)O1. The first-order chi connectivity index (χ1) is 13.6. The Kier molecular flexibility index (Phi) is 8.46. The van der Waals surface area contributed by atoms with Gasteiger partial charge in [-0.25, -0.2) is 4.79 Å². The Morgan fingerprint density at radius 3 is 2.45 bits per heavy atom. The molecule has 1 aliphatic heterocycles. The topological polar surface area (TPSA) is 66.5 Å². The van der Waals surface area contributed by atoms with Gasteiger partial charge >= 0.3 is 6.09 Å². The van der Waals surface area contributed by atoms with E-state index in [1.54, 1.807) is 7.05 Å². The quantitative estimate of drug-likeness (QED) is 0.621. The molecular weight excluding hydrogens is 374 g/mol. The number of carbonyl (C=O) groups is 1. The molecule has 29 heavy (non-hydrogen) atoms. The first-order valence-corrected chi connectivity index (χ1v) is 10.0. The van der Waals surface area contributed by atoms with Gasteiger partial charge in [0.15, 0.2) is 5.79 Å². The van der Waals surface area contributed by atoms with Gasteiger partial charge in [0.2, 0.25) is 0 Å². The van der Waals surface area contributed by atoms with Crippen molar-refractivity contribution >= 4 is 6.09 Å². The van der Waals surface area contributed by atoms with Gasteiger partial charge in [-0.15, -0.1) is 0 Å². The van der Waals surface area contributed by atoms with Gasteiger partial charge in [-0.1, -0.05) is 30.3 Å². The molecule has 0 radical (unpaired) electrons. The number of nitrogens with zero attached hydrogens (tertiary/aromatic N) is 1. The largest absolute Gasteiger partial charge is 0.444 e. The van der Waals surface area contributed by atoms with Gasteiger partial charge in [0.05, 0.1) is 39.1 Å². The number of rotatable bonds is 9. The Labute approximate surface area is 174 Å². The zero-order valence-corrected chi connectivity index (χ0v) is 18.5. The molecule has 1 saturated heterocycles. The molecule has 1 aromatic rings. The van der Waals surface area contributed by atoms with Gasteiger partial charge in [-0.2, -0.15) is 0 Å². The van der Waals surface area contributed by atoms with Crippen molar-refractivity contribution in [2.45, 2.75) is 64.8 Å². The molecule has 7 nitrogen and oxygen atoms in total. The number of ether oxygens (including phenoxy) is 5. The van der Waals surface area contributed by atoms with Gasteiger partial charge in [-0.3, -0.25) is 0 Å². The highest BCUT2D eigenvalue weighted by molar-refractivity contribution is 5.68. The molecule has 1 fully saturated rings. The Morgan fingerprint density at radius 2 is 1.86 bits per heavy atom. The molecule has 1 aromatic carbocycles. The zero-order valence-electron chi connectivity index (χ0n) is 18.5. The van der Waals surface area contributed by atoms with Crippen LogP contribution in [-0.4, -0.2) is 68.0 Å². The number of likely N-dealkylation sites (N-methyl/N-ethyl adjacent to an activating group) is 1. The van der Waals surface area contributed by atoms with Crippen LogP contribution in [0.25, 0.3) is 0 Å². The standard InChI is InChI=1S/C22H35NO6/c1-21(2,3)29-20(24)23(6)18(13-25-12-17-10-8-7-9-11-17)14-26-15-19-16-27-22(4,5)28-19/h7-11,18-19H,12-16H2,1-6H3/t18-,19-/m1/s1. The van der Waals surface area contributed by atoms with E-state index in [1.165, 1.54) is 4.90 Å². The predicted molar refractivity (Wildman–Crippen MR) is 110 cm³/mol. The minimum atomic E-state index is -0.584. The lowest BCUT2D eigenvalue weighted by atomic mass is 10.2. The smallest absolute Gasteiger partial charge is 0.410 e. The van der Waals surface area contributed by atoms with Crippen molar-refractivity contribution in [3.05, 3.63) is 35.9 Å². The molecule has 1 aliphatic rings. The van der Waals surface area contributed by atoms with Crippen LogP contribution in [0.4, 0.5) is 4.79 Å². The molecule has 0 saturated carbocycles. The van der Waals surface area contributed by atoms with Gasteiger partial charge < -0.3 is 28.6 Å². The molecular formula is C22H35NO6. The third-order valence-corrected chi connectivity index (χ3v) is 4.33. The fourth-order valence-corrected chi connectivity index (χ4v) is 2.82. The molecule has 164 valence electrons. The van der Waals surface area contributed by atoms with Crippen molar-refractivity contribution in [2.75, 3.05) is 33.5 Å². The molecule has 1 amide bonds. The van der Waals surface area contributed by atoms with E-state index in [2.05, 4.69) is 0 Å². The lowest BCUT2D eigenvalue weighted by Gasteiger charge is -2.30. The molecule has 0 N–H and O–H groups in total. The summed E-state index contributed by atoms with van der Waals surface area (Å²) in [5.74, 6) is -0.584. The van der Waals surface area contributed by atoms with Crippen LogP contribution in [0.1, 0.15) is 40.2 Å². The van der Waals surface area contributed by atoms with E-state index in [9.17, 15) is 4.79 Å². The summed E-state index contributed by atoms with van der Waals surface area (Å²) < 4.78 is 28.5. The minimum absolute atomic E-state index is 0.122. The van der Waals surface area contributed by atoms with Crippen LogP contribution in [0.3, 0.4) is 0 Å². The van der Waals surface area contributed by atoms with E-state index in [-0.39, 0.29) is 12.1 Å². The third-order valence-electron chi connectivity index (χ3n) is 4.33. The summed E-state index contributed by atoms with van der Waals surface area (Å²) in [7, 11) is 1.70. The van der Waals surface area contributed by atoms with E-state index in [1.807, 2.05) is 65.0 Å². The second-order valence-corrected chi connectivity index (χ2v) is 8.73. The van der Waals surface area contributed by atoms with Crippen molar-refractivity contribution in [3.63, 3.8) is 0 Å². The molecule has 0 unspecified atom stereocenters. The van der Waals surface area contributed by atoms with Crippen LogP contribution >= 0.6 is 0 Å². The monoisotopic (exact) mass is 409 g/mol. The van der Waals surface area contributed by atoms with Gasteiger partial charge in [0.25, 0.3) is 0 Å². The van der Waals surface area contributed by atoms with Gasteiger partial charge in [-0.05, 0) is 40.2 Å². The fourth-order valence-electron chi connectivity index (χ4n) is 2.82. The summed E-state index contributed by atoms with van der Waals surface area (Å²) in [6.07, 6.45) is -0.529. The molecule has 2 atom stereocenters. The van der Waals surface area contributed by atoms with Crippen molar-refractivity contribution in [1.82, 2.24) is 4.90 Å². The molecule has 1 heterocycles. The van der Waals surface area contributed by atoms with Crippen molar-refractivity contribution in [2.24, 2.45) is 0 Å². The number of hydrogen-bond acceptors (Lipinski definition) is 6. The summed E-state index contributed by atoms with van der Waals surface area (Å²) in [6.45, 7) is 11.3. The van der Waals surface area contributed by atoms with Crippen LogP contribution in [0.5, 0.6) is 0 Å². The van der Waals surface area contributed by atoms with E-state index in [0.29, 0.717) is 33.0 Å². The van der Waals surface area contributed by atoms with Crippen molar-refractivity contribution in [3.8, 4) is 0 Å². The van der Waals surface area contributed by atoms with Crippen LogP contribution < -0.4 is 0 Å². The first-order valence-electron chi connectivity index (χ1n) is 10.0. The van der Waals surface area contributed by atoms with E-state index in [4.69, 9.17) is 23.7 Å². The van der Waals surface area contributed by atoms with E-state index >= 15 is 0 Å². The molecule has 0 spiro atoms. The summed E-state index contributed by atoms with van der Waals surface area (Å²) in [5.41, 5.74) is 0.508. The molecule has 0 aliphatic carbocycles. The fraction of sp³-hybridized carbons (Fsp3) is 0.682. The molecule has 7 heteroatoms. The van der Waals surface area contributed by atoms with Gasteiger partial charge in [0.1, 0.15) is 11.7 Å². The van der Waals surface area contributed by atoms with Crippen LogP contribution in [0.2, 0.25) is 0 Å². The second kappa shape index (κ2) is 10.4. The third kappa shape index (κ3) is 8.70. The maximum Gasteiger partial charge on any atom is 0.410 e. The highest BCUT2D eigenvalue weighted by Gasteiger charge is 2.33. The van der Waals surface area contributed by atoms with E-state index in [0.717, 1.165) is 5.56 Å². The second-order valence-electron chi connectivity index (χ2n) is 8.73. The van der Waals surface area contributed by atoms with Crippen LogP contribution in [0.15, 0.2) is 30.3 Å². The first kappa shape index (κ1) is 23.6. The Hall–Kier alpha value is -1.67. The summed E-state index contributed by atoms with van der Waals surface area (Å²) in [6, 6.07) is 9.62. The average molecular weight is 410 g/mol. The molecule has 0 bridgehead atoms. The van der Waals surface area contributed by atoms with Crippen LogP contribution in [0, 0.1) is 0 Å². The normalized spacial score (nSPS) is 19.7. The van der Waals surface area contributed by atoms with Crippen molar-refractivity contribution in [1.29, 1.82) is 0 Å². The van der Waals surface area contributed by atoms with Crippen LogP contribution in [-0.2, 0) is 30.3 Å². The number of benzene rings is 1. The minimum Gasteiger partial charge on any atom is -0.444 e.